The second kappa shape index (κ2) is 4.59. The molecule has 0 aliphatic carbocycles. The first-order valence-electron chi connectivity index (χ1n) is 6.64. The number of rotatable bonds is 1. The second-order valence-electron chi connectivity index (χ2n) is 5.05. The van der Waals surface area contributed by atoms with Gasteiger partial charge in [0.2, 0.25) is 0 Å². The third kappa shape index (κ3) is 1.94. The standard InChI is InChI=1S/C17H9F3N2/c18-10-3-1-9-2-4-15(22-16(9)5-10)12-8-21-17-7-14(20)13(19)6-11(12)17/h1-8,21H. The Morgan fingerprint density at radius 2 is 1.64 bits per heavy atom. The summed E-state index contributed by atoms with van der Waals surface area (Å²) in [7, 11) is 0. The van der Waals surface area contributed by atoms with E-state index in [0.717, 1.165) is 17.5 Å². The predicted octanol–water partition coefficient (Wildman–Crippen LogP) is 4.80. The zero-order valence-electron chi connectivity index (χ0n) is 11.2. The van der Waals surface area contributed by atoms with Crippen molar-refractivity contribution >= 4 is 21.8 Å². The average Bonchev–Trinajstić information content (AvgIpc) is 2.89. The van der Waals surface area contributed by atoms with Gasteiger partial charge >= 0.3 is 0 Å². The Kier molecular flexibility index (Phi) is 2.69. The molecule has 2 aromatic heterocycles. The Hall–Kier alpha value is -2.82. The zero-order valence-corrected chi connectivity index (χ0v) is 11.2. The third-order valence-corrected chi connectivity index (χ3v) is 3.65. The molecule has 0 aliphatic rings. The van der Waals surface area contributed by atoms with Gasteiger partial charge in [0.1, 0.15) is 5.82 Å². The van der Waals surface area contributed by atoms with Crippen LogP contribution in [-0.2, 0) is 0 Å². The van der Waals surface area contributed by atoms with Gasteiger partial charge in [0.25, 0.3) is 0 Å². The summed E-state index contributed by atoms with van der Waals surface area (Å²) in [5.41, 5.74) is 2.19. The van der Waals surface area contributed by atoms with E-state index in [4.69, 9.17) is 0 Å². The molecule has 0 bridgehead atoms. The molecule has 2 heterocycles. The molecule has 0 spiro atoms. The molecule has 0 amide bonds. The van der Waals surface area contributed by atoms with Crippen LogP contribution in [0.1, 0.15) is 0 Å². The van der Waals surface area contributed by atoms with Crippen LogP contribution in [0.25, 0.3) is 33.1 Å². The van der Waals surface area contributed by atoms with Gasteiger partial charge < -0.3 is 4.98 Å². The van der Waals surface area contributed by atoms with Gasteiger partial charge in [0, 0.05) is 40.2 Å². The van der Waals surface area contributed by atoms with Crippen molar-refractivity contribution in [2.75, 3.05) is 0 Å². The van der Waals surface area contributed by atoms with E-state index in [1.54, 1.807) is 18.3 Å². The first kappa shape index (κ1) is 12.9. The molecule has 2 nitrogen and oxygen atoms in total. The topological polar surface area (TPSA) is 28.7 Å². The maximum absolute atomic E-state index is 13.5. The smallest absolute Gasteiger partial charge is 0.160 e. The number of nitrogens with one attached hydrogen (secondary N) is 1. The highest BCUT2D eigenvalue weighted by molar-refractivity contribution is 5.96. The fraction of sp³-hybridized carbons (Fsp3) is 0. The molecular weight excluding hydrogens is 289 g/mol. The van der Waals surface area contributed by atoms with Crippen molar-refractivity contribution in [2.24, 2.45) is 0 Å². The van der Waals surface area contributed by atoms with Crippen LogP contribution in [0.15, 0.2) is 48.7 Å². The van der Waals surface area contributed by atoms with E-state index in [1.807, 2.05) is 6.07 Å². The minimum Gasteiger partial charge on any atom is -0.360 e. The number of hydrogen-bond acceptors (Lipinski definition) is 1. The molecule has 1 N–H and O–H groups in total. The van der Waals surface area contributed by atoms with E-state index in [9.17, 15) is 13.2 Å². The van der Waals surface area contributed by atoms with E-state index < -0.39 is 11.6 Å². The van der Waals surface area contributed by atoms with E-state index in [-0.39, 0.29) is 5.82 Å². The molecule has 5 heteroatoms. The van der Waals surface area contributed by atoms with Gasteiger partial charge in [-0.3, -0.25) is 0 Å². The summed E-state index contributed by atoms with van der Waals surface area (Å²) in [4.78, 5) is 7.30. The van der Waals surface area contributed by atoms with Gasteiger partial charge in [-0.15, -0.1) is 0 Å². The lowest BCUT2D eigenvalue weighted by Gasteiger charge is -2.03. The first-order chi connectivity index (χ1) is 10.6. The number of nitrogens with zero attached hydrogens (tertiary/aromatic N) is 1. The molecule has 22 heavy (non-hydrogen) atoms. The number of H-pyrrole nitrogens is 1. The van der Waals surface area contributed by atoms with E-state index in [1.165, 1.54) is 12.1 Å². The Morgan fingerprint density at radius 1 is 0.864 bits per heavy atom. The summed E-state index contributed by atoms with van der Waals surface area (Å²) >= 11 is 0. The predicted molar refractivity (Wildman–Crippen MR) is 78.9 cm³/mol. The molecular formula is C17H9F3N2. The maximum atomic E-state index is 13.5. The summed E-state index contributed by atoms with van der Waals surface area (Å²) in [6, 6.07) is 10.2. The fourth-order valence-corrected chi connectivity index (χ4v) is 2.57. The molecule has 0 saturated carbocycles. The quantitative estimate of drug-likeness (QED) is 0.537. The van der Waals surface area contributed by atoms with Gasteiger partial charge in [0.15, 0.2) is 11.6 Å². The summed E-state index contributed by atoms with van der Waals surface area (Å²) in [5.74, 6) is -2.20. The summed E-state index contributed by atoms with van der Waals surface area (Å²) < 4.78 is 40.1. The van der Waals surface area contributed by atoms with Crippen LogP contribution in [0.3, 0.4) is 0 Å². The summed E-state index contributed by atoms with van der Waals surface area (Å²) in [6.45, 7) is 0. The number of halogens is 3. The maximum Gasteiger partial charge on any atom is 0.160 e. The van der Waals surface area contributed by atoms with E-state index in [0.29, 0.717) is 27.7 Å². The SMILES string of the molecule is Fc1ccc2ccc(-c3c[nH]c4cc(F)c(F)cc34)nc2c1. The second-order valence-corrected chi connectivity index (χ2v) is 5.05. The van der Waals surface area contributed by atoms with Crippen LogP contribution in [-0.4, -0.2) is 9.97 Å². The lowest BCUT2D eigenvalue weighted by atomic mass is 10.1. The van der Waals surface area contributed by atoms with Crippen LogP contribution in [0.4, 0.5) is 13.2 Å². The molecule has 4 aromatic rings. The number of pyridine rings is 1. The van der Waals surface area contributed by atoms with E-state index in [2.05, 4.69) is 9.97 Å². The summed E-state index contributed by atoms with van der Waals surface area (Å²) in [6.07, 6.45) is 1.64. The average molecular weight is 298 g/mol. The van der Waals surface area contributed by atoms with Gasteiger partial charge in [-0.25, -0.2) is 18.2 Å². The highest BCUT2D eigenvalue weighted by Crippen LogP contribution is 2.30. The number of aromatic nitrogens is 2. The lowest BCUT2D eigenvalue weighted by Crippen LogP contribution is -1.87. The molecule has 0 radical (unpaired) electrons. The molecule has 2 aromatic carbocycles. The van der Waals surface area contributed by atoms with Crippen LogP contribution in [0.5, 0.6) is 0 Å². The van der Waals surface area contributed by atoms with Crippen molar-refractivity contribution in [3.05, 3.63) is 66.1 Å². The molecule has 0 fully saturated rings. The monoisotopic (exact) mass is 298 g/mol. The van der Waals surface area contributed by atoms with Crippen LogP contribution >= 0.6 is 0 Å². The normalized spacial score (nSPS) is 11.4. The van der Waals surface area contributed by atoms with Crippen molar-refractivity contribution in [3.8, 4) is 11.3 Å². The number of aromatic amines is 1. The van der Waals surface area contributed by atoms with Crippen LogP contribution < -0.4 is 0 Å². The number of hydrogen-bond donors (Lipinski definition) is 1. The lowest BCUT2D eigenvalue weighted by molar-refractivity contribution is 0.511. The number of benzene rings is 2. The zero-order chi connectivity index (χ0) is 15.3. The fourth-order valence-electron chi connectivity index (χ4n) is 2.57. The number of fused-ring (bicyclic) bond motifs is 2. The van der Waals surface area contributed by atoms with Crippen molar-refractivity contribution in [1.29, 1.82) is 0 Å². The molecule has 108 valence electrons. The summed E-state index contributed by atoms with van der Waals surface area (Å²) in [5, 5.41) is 1.34. The van der Waals surface area contributed by atoms with Crippen LogP contribution in [0.2, 0.25) is 0 Å². The molecule has 0 unspecified atom stereocenters. The first-order valence-corrected chi connectivity index (χ1v) is 6.64. The van der Waals surface area contributed by atoms with Crippen molar-refractivity contribution in [3.63, 3.8) is 0 Å². The Morgan fingerprint density at radius 3 is 2.50 bits per heavy atom. The molecule has 0 saturated heterocycles. The van der Waals surface area contributed by atoms with Crippen LogP contribution in [0, 0.1) is 17.5 Å². The van der Waals surface area contributed by atoms with Gasteiger partial charge in [-0.05, 0) is 24.3 Å². The van der Waals surface area contributed by atoms with E-state index >= 15 is 0 Å². The third-order valence-electron chi connectivity index (χ3n) is 3.65. The highest BCUT2D eigenvalue weighted by atomic mass is 19.2. The molecule has 4 rings (SSSR count). The Labute approximate surface area is 123 Å². The van der Waals surface area contributed by atoms with Crippen molar-refractivity contribution < 1.29 is 13.2 Å². The Balaban J connectivity index is 1.96. The molecule has 0 aliphatic heterocycles. The Bertz CT molecular complexity index is 1020. The van der Waals surface area contributed by atoms with Gasteiger partial charge in [-0.2, -0.15) is 0 Å². The highest BCUT2D eigenvalue weighted by Gasteiger charge is 2.12. The van der Waals surface area contributed by atoms with Crippen molar-refractivity contribution in [1.82, 2.24) is 9.97 Å². The van der Waals surface area contributed by atoms with Gasteiger partial charge in [0.05, 0.1) is 11.2 Å². The van der Waals surface area contributed by atoms with Gasteiger partial charge in [-0.1, -0.05) is 6.07 Å². The largest absolute Gasteiger partial charge is 0.360 e. The minimum atomic E-state index is -0.916. The van der Waals surface area contributed by atoms with Crippen molar-refractivity contribution in [2.45, 2.75) is 0 Å². The minimum absolute atomic E-state index is 0.371. The molecule has 0 atom stereocenters.